The molecular formula is C7H15NO2S. The van der Waals surface area contributed by atoms with Crippen molar-refractivity contribution in [1.29, 1.82) is 0 Å². The largest absolute Gasteiger partial charge is 0.481 e. The Bertz CT molecular complexity index is 130. The Hall–Kier alpha value is -0.220. The summed E-state index contributed by atoms with van der Waals surface area (Å²) in [5, 5.41) is 8.83. The molecule has 3 N–H and O–H groups in total. The molecular weight excluding hydrogens is 162 g/mol. The smallest absolute Gasteiger partial charge is 0.304 e. The number of aliphatic carboxylic acids is 1. The van der Waals surface area contributed by atoms with E-state index in [1.165, 1.54) is 0 Å². The molecule has 0 aromatic carbocycles. The lowest BCUT2D eigenvalue weighted by atomic mass is 10.1. The summed E-state index contributed by atoms with van der Waals surface area (Å²) in [5.74, 6) is -0.814. The van der Waals surface area contributed by atoms with Crippen LogP contribution in [0.1, 0.15) is 19.8 Å². The van der Waals surface area contributed by atoms with E-state index in [0.717, 1.165) is 6.42 Å². The second kappa shape index (κ2) is 5.43. The first kappa shape index (κ1) is 10.8. The highest BCUT2D eigenvalue weighted by Gasteiger charge is 2.10. The molecule has 0 aromatic rings. The molecule has 0 radical (unpaired) electrons. The second-order valence-corrected chi connectivity index (χ2v) is 3.92. The van der Waals surface area contributed by atoms with Gasteiger partial charge in [-0.3, -0.25) is 4.79 Å². The van der Waals surface area contributed by atoms with Crippen molar-refractivity contribution in [3.8, 4) is 0 Å². The summed E-state index contributed by atoms with van der Waals surface area (Å²) in [6, 6.07) is -0.199. The van der Waals surface area contributed by atoms with Gasteiger partial charge in [-0.05, 0) is 12.7 Å². The van der Waals surface area contributed by atoms with Crippen LogP contribution in [0.15, 0.2) is 0 Å². The Morgan fingerprint density at radius 3 is 2.64 bits per heavy atom. The molecule has 0 aromatic heterocycles. The first-order chi connectivity index (χ1) is 5.06. The molecule has 0 amide bonds. The van der Waals surface area contributed by atoms with E-state index in [0.29, 0.717) is 5.25 Å². The van der Waals surface area contributed by atoms with E-state index < -0.39 is 5.97 Å². The first-order valence-electron chi connectivity index (χ1n) is 3.56. The fourth-order valence-corrected chi connectivity index (χ4v) is 1.27. The lowest BCUT2D eigenvalue weighted by molar-refractivity contribution is -0.137. The van der Waals surface area contributed by atoms with Crippen molar-refractivity contribution in [2.45, 2.75) is 31.1 Å². The number of hydrogen-bond donors (Lipinski definition) is 2. The lowest BCUT2D eigenvalue weighted by Gasteiger charge is -2.12. The van der Waals surface area contributed by atoms with Crippen LogP contribution < -0.4 is 5.73 Å². The minimum absolute atomic E-state index is 0.0743. The molecule has 3 nitrogen and oxygen atoms in total. The van der Waals surface area contributed by atoms with Gasteiger partial charge in [0.1, 0.15) is 0 Å². The summed E-state index contributed by atoms with van der Waals surface area (Å²) < 4.78 is 0. The van der Waals surface area contributed by atoms with Gasteiger partial charge in [-0.25, -0.2) is 0 Å². The van der Waals surface area contributed by atoms with Crippen LogP contribution in [0.2, 0.25) is 0 Å². The third-order valence-electron chi connectivity index (χ3n) is 1.47. The van der Waals surface area contributed by atoms with Gasteiger partial charge in [-0.2, -0.15) is 11.8 Å². The molecule has 0 aliphatic carbocycles. The van der Waals surface area contributed by atoms with Gasteiger partial charge in [0, 0.05) is 11.3 Å². The fraction of sp³-hybridized carbons (Fsp3) is 0.857. The molecule has 0 saturated heterocycles. The normalized spacial score (nSPS) is 15.9. The standard InChI is InChI=1S/C7H15NO2S/c1-5(11-2)3-6(8)4-7(9)10/h5-6H,3-4,8H2,1-2H3,(H,9,10). The van der Waals surface area contributed by atoms with Crippen LogP contribution in [0.3, 0.4) is 0 Å². The van der Waals surface area contributed by atoms with Gasteiger partial charge >= 0.3 is 5.97 Å². The fourth-order valence-electron chi connectivity index (χ4n) is 0.830. The van der Waals surface area contributed by atoms with Crippen molar-refractivity contribution >= 4 is 17.7 Å². The Labute approximate surface area is 71.3 Å². The predicted octanol–water partition coefficient (Wildman–Crippen LogP) is 0.930. The van der Waals surface area contributed by atoms with Crippen LogP contribution in [0, 0.1) is 0 Å². The Morgan fingerprint density at radius 1 is 1.73 bits per heavy atom. The van der Waals surface area contributed by atoms with Crippen molar-refractivity contribution in [1.82, 2.24) is 0 Å². The van der Waals surface area contributed by atoms with E-state index in [2.05, 4.69) is 0 Å². The molecule has 11 heavy (non-hydrogen) atoms. The van der Waals surface area contributed by atoms with E-state index in [4.69, 9.17) is 10.8 Å². The van der Waals surface area contributed by atoms with Gasteiger partial charge < -0.3 is 10.8 Å². The molecule has 0 fully saturated rings. The molecule has 2 unspecified atom stereocenters. The average molecular weight is 177 g/mol. The number of carboxylic acids is 1. The lowest BCUT2D eigenvalue weighted by Crippen LogP contribution is -2.26. The maximum atomic E-state index is 10.2. The number of thioether (sulfide) groups is 1. The van der Waals surface area contributed by atoms with Crippen molar-refractivity contribution in [3.05, 3.63) is 0 Å². The van der Waals surface area contributed by atoms with Crippen molar-refractivity contribution in [2.24, 2.45) is 5.73 Å². The molecule has 0 aliphatic heterocycles. The number of carboxylic acid groups (broad SMARTS) is 1. The highest BCUT2D eigenvalue weighted by Crippen LogP contribution is 2.12. The second-order valence-electron chi connectivity index (χ2n) is 2.64. The Morgan fingerprint density at radius 2 is 2.27 bits per heavy atom. The molecule has 0 heterocycles. The molecule has 66 valence electrons. The first-order valence-corrected chi connectivity index (χ1v) is 4.85. The van der Waals surface area contributed by atoms with E-state index >= 15 is 0 Å². The van der Waals surface area contributed by atoms with Gasteiger partial charge in [-0.1, -0.05) is 6.92 Å². The zero-order chi connectivity index (χ0) is 8.85. The van der Waals surface area contributed by atoms with Crippen LogP contribution in [0.25, 0.3) is 0 Å². The van der Waals surface area contributed by atoms with Gasteiger partial charge in [0.25, 0.3) is 0 Å². The number of rotatable bonds is 5. The average Bonchev–Trinajstić information content (AvgIpc) is 1.85. The van der Waals surface area contributed by atoms with Gasteiger partial charge in [0.05, 0.1) is 6.42 Å². The molecule has 0 saturated carbocycles. The summed E-state index contributed by atoms with van der Waals surface area (Å²) in [7, 11) is 0. The van der Waals surface area contributed by atoms with Crippen molar-refractivity contribution < 1.29 is 9.90 Å². The monoisotopic (exact) mass is 177 g/mol. The van der Waals surface area contributed by atoms with E-state index in [-0.39, 0.29) is 12.5 Å². The number of hydrogen-bond acceptors (Lipinski definition) is 3. The van der Waals surface area contributed by atoms with E-state index in [1.54, 1.807) is 11.8 Å². The maximum Gasteiger partial charge on any atom is 0.304 e. The zero-order valence-corrected chi connectivity index (χ0v) is 7.73. The van der Waals surface area contributed by atoms with E-state index in [9.17, 15) is 4.79 Å². The maximum absolute atomic E-state index is 10.2. The summed E-state index contributed by atoms with van der Waals surface area (Å²) in [5.41, 5.74) is 5.56. The predicted molar refractivity (Wildman–Crippen MR) is 47.8 cm³/mol. The Balaban J connectivity index is 3.51. The molecule has 2 atom stereocenters. The minimum Gasteiger partial charge on any atom is -0.481 e. The van der Waals surface area contributed by atoms with Crippen LogP contribution in [-0.2, 0) is 4.79 Å². The topological polar surface area (TPSA) is 63.3 Å². The number of carbonyl (C=O) groups is 1. The van der Waals surface area contributed by atoms with Crippen LogP contribution in [-0.4, -0.2) is 28.6 Å². The summed E-state index contributed by atoms with van der Waals surface area (Å²) in [4.78, 5) is 10.2. The third-order valence-corrected chi connectivity index (χ3v) is 2.47. The molecule has 4 heteroatoms. The SMILES string of the molecule is CSC(C)CC(N)CC(=O)O. The molecule has 0 aliphatic rings. The summed E-state index contributed by atoms with van der Waals surface area (Å²) >= 11 is 1.71. The van der Waals surface area contributed by atoms with Crippen LogP contribution in [0.5, 0.6) is 0 Å². The van der Waals surface area contributed by atoms with Crippen molar-refractivity contribution in [3.63, 3.8) is 0 Å². The van der Waals surface area contributed by atoms with Crippen molar-refractivity contribution in [2.75, 3.05) is 6.26 Å². The molecule has 0 spiro atoms. The minimum atomic E-state index is -0.814. The zero-order valence-electron chi connectivity index (χ0n) is 6.91. The number of nitrogens with two attached hydrogens (primary N) is 1. The summed E-state index contributed by atoms with van der Waals surface area (Å²) in [6.45, 7) is 2.05. The highest BCUT2D eigenvalue weighted by molar-refractivity contribution is 7.99. The van der Waals surface area contributed by atoms with E-state index in [1.807, 2.05) is 13.2 Å². The highest BCUT2D eigenvalue weighted by atomic mass is 32.2. The third kappa shape index (κ3) is 6.19. The van der Waals surface area contributed by atoms with Gasteiger partial charge in [-0.15, -0.1) is 0 Å². The quantitative estimate of drug-likeness (QED) is 0.655. The summed E-state index contributed by atoms with van der Waals surface area (Å²) in [6.07, 6.45) is 2.84. The van der Waals surface area contributed by atoms with Crippen LogP contribution >= 0.6 is 11.8 Å². The Kier molecular flexibility index (Phi) is 5.32. The van der Waals surface area contributed by atoms with Gasteiger partial charge in [0.15, 0.2) is 0 Å². The van der Waals surface area contributed by atoms with Gasteiger partial charge in [0.2, 0.25) is 0 Å². The molecule has 0 bridgehead atoms. The molecule has 0 rings (SSSR count). The van der Waals surface area contributed by atoms with Crippen LogP contribution in [0.4, 0.5) is 0 Å².